The molecule has 0 unspecified atom stereocenters. The van der Waals surface area contributed by atoms with E-state index in [-0.39, 0.29) is 18.9 Å². The zero-order valence-corrected chi connectivity index (χ0v) is 9.10. The normalized spacial score (nSPS) is 10.0. The van der Waals surface area contributed by atoms with Crippen molar-refractivity contribution in [3.8, 4) is 0 Å². The van der Waals surface area contributed by atoms with E-state index in [1.54, 1.807) is 0 Å². The van der Waals surface area contributed by atoms with Gasteiger partial charge in [0.1, 0.15) is 0 Å². The Labute approximate surface area is 90.1 Å². The van der Waals surface area contributed by atoms with E-state index in [1.807, 2.05) is 0 Å². The zero-order chi connectivity index (χ0) is 8.53. The molecule has 12 heavy (non-hydrogen) atoms. The SMILES string of the molecule is [CH2-]CCCCCCCN(C)C.[Li+]. The summed E-state index contributed by atoms with van der Waals surface area (Å²) in [5.74, 6) is 0. The monoisotopic (exact) mass is 163 g/mol. The molecule has 2 heteroatoms. The summed E-state index contributed by atoms with van der Waals surface area (Å²) in [4.78, 5) is 2.25. The maximum atomic E-state index is 3.82. The second-order valence-electron chi connectivity index (χ2n) is 3.42. The smallest absolute Gasteiger partial charge is 0.343 e. The molecule has 0 atom stereocenters. The molecule has 0 spiro atoms. The zero-order valence-electron chi connectivity index (χ0n) is 9.10. The third-order valence-electron chi connectivity index (χ3n) is 1.86. The van der Waals surface area contributed by atoms with Crippen LogP contribution in [0.3, 0.4) is 0 Å². The van der Waals surface area contributed by atoms with Crippen molar-refractivity contribution < 1.29 is 18.9 Å². The Bertz CT molecular complexity index is 74.2. The van der Waals surface area contributed by atoms with Crippen LogP contribution in [0.15, 0.2) is 0 Å². The number of hydrogen-bond donors (Lipinski definition) is 0. The molecule has 0 aliphatic rings. The van der Waals surface area contributed by atoms with Crippen LogP contribution in [0.4, 0.5) is 0 Å². The summed E-state index contributed by atoms with van der Waals surface area (Å²) >= 11 is 0. The van der Waals surface area contributed by atoms with Crippen LogP contribution in [-0.4, -0.2) is 25.5 Å². The largest absolute Gasteiger partial charge is 1.00 e. The molecular formula is C10H22LiN. The van der Waals surface area contributed by atoms with Crippen molar-refractivity contribution >= 4 is 0 Å². The summed E-state index contributed by atoms with van der Waals surface area (Å²) in [6, 6.07) is 0. The Morgan fingerprint density at radius 3 is 1.92 bits per heavy atom. The summed E-state index contributed by atoms with van der Waals surface area (Å²) < 4.78 is 0. The van der Waals surface area contributed by atoms with E-state index < -0.39 is 0 Å². The topological polar surface area (TPSA) is 3.24 Å². The van der Waals surface area contributed by atoms with Gasteiger partial charge in [-0.05, 0) is 27.1 Å². The van der Waals surface area contributed by atoms with E-state index in [9.17, 15) is 0 Å². The van der Waals surface area contributed by atoms with E-state index in [0.717, 1.165) is 6.42 Å². The van der Waals surface area contributed by atoms with Crippen LogP contribution in [-0.2, 0) is 0 Å². The predicted octanol–water partition coefficient (Wildman–Crippen LogP) is -0.273. The summed E-state index contributed by atoms with van der Waals surface area (Å²) in [5, 5.41) is 0. The Kier molecular flexibility index (Phi) is 14.5. The van der Waals surface area contributed by atoms with Crippen molar-refractivity contribution in [2.45, 2.75) is 38.5 Å². The molecule has 0 aromatic carbocycles. The van der Waals surface area contributed by atoms with Crippen molar-refractivity contribution in [2.75, 3.05) is 20.6 Å². The maximum Gasteiger partial charge on any atom is 1.00 e. The fourth-order valence-electron chi connectivity index (χ4n) is 1.14. The van der Waals surface area contributed by atoms with Gasteiger partial charge in [-0.1, -0.05) is 25.7 Å². The molecule has 0 fully saturated rings. The van der Waals surface area contributed by atoms with Crippen LogP contribution >= 0.6 is 0 Å². The summed E-state index contributed by atoms with van der Waals surface area (Å²) in [5.41, 5.74) is 0. The number of nitrogens with zero attached hydrogens (tertiary/aromatic N) is 1. The van der Waals surface area contributed by atoms with E-state index >= 15 is 0 Å². The molecule has 0 aliphatic heterocycles. The average molecular weight is 163 g/mol. The molecular weight excluding hydrogens is 141 g/mol. The second-order valence-corrected chi connectivity index (χ2v) is 3.42. The van der Waals surface area contributed by atoms with Gasteiger partial charge in [0.25, 0.3) is 0 Å². The molecule has 0 saturated carbocycles. The summed E-state index contributed by atoms with van der Waals surface area (Å²) in [6.45, 7) is 5.06. The Morgan fingerprint density at radius 2 is 1.42 bits per heavy atom. The molecule has 0 aliphatic carbocycles. The van der Waals surface area contributed by atoms with Gasteiger partial charge >= 0.3 is 18.9 Å². The Balaban J connectivity index is 0. The van der Waals surface area contributed by atoms with Crippen LogP contribution in [0.5, 0.6) is 0 Å². The molecule has 0 aromatic heterocycles. The van der Waals surface area contributed by atoms with Gasteiger partial charge in [0.2, 0.25) is 0 Å². The van der Waals surface area contributed by atoms with Crippen LogP contribution in [0, 0.1) is 6.92 Å². The van der Waals surface area contributed by atoms with Crippen molar-refractivity contribution in [2.24, 2.45) is 0 Å². The van der Waals surface area contributed by atoms with Crippen LogP contribution < -0.4 is 18.9 Å². The van der Waals surface area contributed by atoms with Crippen molar-refractivity contribution in [1.29, 1.82) is 0 Å². The standard InChI is InChI=1S/C10H22N.Li/c1-4-5-6-7-8-9-10-11(2)3;/h1,4-10H2,2-3H3;/q-1;+1. The van der Waals surface area contributed by atoms with E-state index in [4.69, 9.17) is 0 Å². The summed E-state index contributed by atoms with van der Waals surface area (Å²) in [7, 11) is 4.27. The second kappa shape index (κ2) is 11.6. The van der Waals surface area contributed by atoms with Gasteiger partial charge in [0.05, 0.1) is 0 Å². The van der Waals surface area contributed by atoms with Gasteiger partial charge < -0.3 is 11.8 Å². The molecule has 1 nitrogen and oxygen atoms in total. The molecule has 0 heterocycles. The van der Waals surface area contributed by atoms with Crippen LogP contribution in [0.1, 0.15) is 38.5 Å². The molecule has 0 radical (unpaired) electrons. The first kappa shape index (κ1) is 15.0. The van der Waals surface area contributed by atoms with Gasteiger partial charge in [0, 0.05) is 0 Å². The minimum absolute atomic E-state index is 0. The maximum absolute atomic E-state index is 3.82. The minimum Gasteiger partial charge on any atom is -0.343 e. The third kappa shape index (κ3) is 13.2. The van der Waals surface area contributed by atoms with Gasteiger partial charge in [-0.15, -0.1) is 0 Å². The first-order valence-electron chi connectivity index (χ1n) is 4.71. The van der Waals surface area contributed by atoms with Gasteiger partial charge in [-0.3, -0.25) is 0 Å². The fraction of sp³-hybridized carbons (Fsp3) is 0.900. The minimum atomic E-state index is 0. The number of hydrogen-bond acceptors (Lipinski definition) is 1. The van der Waals surface area contributed by atoms with Crippen LogP contribution in [0.25, 0.3) is 0 Å². The van der Waals surface area contributed by atoms with Crippen molar-refractivity contribution in [1.82, 2.24) is 4.90 Å². The quantitative estimate of drug-likeness (QED) is 0.284. The Hall–Kier alpha value is 0.557. The molecule has 0 bridgehead atoms. The third-order valence-corrected chi connectivity index (χ3v) is 1.86. The van der Waals surface area contributed by atoms with E-state index in [0.29, 0.717) is 0 Å². The Morgan fingerprint density at radius 1 is 0.917 bits per heavy atom. The van der Waals surface area contributed by atoms with Crippen molar-refractivity contribution in [3.05, 3.63) is 6.92 Å². The molecule has 0 rings (SSSR count). The number of unbranched alkanes of at least 4 members (excludes halogenated alkanes) is 5. The first-order chi connectivity index (χ1) is 5.27. The fourth-order valence-corrected chi connectivity index (χ4v) is 1.14. The molecule has 0 aromatic rings. The summed E-state index contributed by atoms with van der Waals surface area (Å²) in [6.07, 6.45) is 7.91. The van der Waals surface area contributed by atoms with E-state index in [1.165, 1.54) is 38.6 Å². The van der Waals surface area contributed by atoms with Crippen LogP contribution in [0.2, 0.25) is 0 Å². The van der Waals surface area contributed by atoms with Gasteiger partial charge in [-0.25, -0.2) is 0 Å². The predicted molar refractivity (Wildman–Crippen MR) is 51.6 cm³/mol. The molecule has 0 amide bonds. The first-order valence-corrected chi connectivity index (χ1v) is 4.71. The molecule has 68 valence electrons. The number of rotatable bonds is 7. The van der Waals surface area contributed by atoms with Gasteiger partial charge in [-0.2, -0.15) is 6.42 Å². The van der Waals surface area contributed by atoms with Gasteiger partial charge in [0.15, 0.2) is 0 Å². The van der Waals surface area contributed by atoms with E-state index in [2.05, 4.69) is 25.9 Å². The average Bonchev–Trinajstić information content (AvgIpc) is 1.96. The molecule has 0 N–H and O–H groups in total. The van der Waals surface area contributed by atoms with Crippen molar-refractivity contribution in [3.63, 3.8) is 0 Å². The molecule has 0 saturated heterocycles.